The Labute approximate surface area is 188 Å². The lowest BCUT2D eigenvalue weighted by Gasteiger charge is -2.22. The SMILES string of the molecule is Cc1ccc(CSCCNC(=O)CCCN(c2ccc3c(c2)OCO3)S(C)(=O)=O)cc1. The Hall–Kier alpha value is -2.39. The number of carbonyl (C=O) groups excluding carboxylic acids is 1. The van der Waals surface area contributed by atoms with Crippen molar-refractivity contribution in [2.45, 2.75) is 25.5 Å². The van der Waals surface area contributed by atoms with E-state index in [2.05, 4.69) is 36.5 Å². The molecule has 0 unspecified atom stereocenters. The fourth-order valence-corrected chi connectivity index (χ4v) is 4.91. The molecule has 0 aliphatic carbocycles. The Bertz CT molecular complexity index is 993. The van der Waals surface area contributed by atoms with Gasteiger partial charge in [0.05, 0.1) is 11.9 Å². The third-order valence-corrected chi connectivity index (χ3v) is 6.99. The van der Waals surface area contributed by atoms with Crippen LogP contribution < -0.4 is 19.1 Å². The summed E-state index contributed by atoms with van der Waals surface area (Å²) in [6.07, 6.45) is 1.84. The highest BCUT2D eigenvalue weighted by atomic mass is 32.2. The number of benzene rings is 2. The lowest BCUT2D eigenvalue weighted by atomic mass is 10.2. The molecule has 2 aromatic rings. The van der Waals surface area contributed by atoms with Gasteiger partial charge >= 0.3 is 0 Å². The quantitative estimate of drug-likeness (QED) is 0.514. The van der Waals surface area contributed by atoms with Crippen LogP contribution in [0.5, 0.6) is 11.5 Å². The molecule has 3 rings (SSSR count). The first-order valence-electron chi connectivity index (χ1n) is 10.1. The van der Waals surface area contributed by atoms with Gasteiger partial charge in [-0.1, -0.05) is 29.8 Å². The summed E-state index contributed by atoms with van der Waals surface area (Å²) in [7, 11) is -3.48. The van der Waals surface area contributed by atoms with E-state index in [4.69, 9.17) is 9.47 Å². The Kier molecular flexibility index (Phi) is 8.09. The number of carbonyl (C=O) groups is 1. The first-order valence-corrected chi connectivity index (χ1v) is 13.1. The molecule has 0 saturated heterocycles. The Morgan fingerprint density at radius 1 is 1.13 bits per heavy atom. The van der Waals surface area contributed by atoms with E-state index < -0.39 is 10.0 Å². The molecule has 0 atom stereocenters. The normalized spacial score (nSPS) is 12.6. The number of anilines is 1. The summed E-state index contributed by atoms with van der Waals surface area (Å²) >= 11 is 1.77. The number of amides is 1. The van der Waals surface area contributed by atoms with E-state index in [0.29, 0.717) is 30.2 Å². The van der Waals surface area contributed by atoms with Crippen LogP contribution in [0.4, 0.5) is 5.69 Å². The number of sulfonamides is 1. The van der Waals surface area contributed by atoms with Gasteiger partial charge in [0.2, 0.25) is 22.7 Å². The summed E-state index contributed by atoms with van der Waals surface area (Å²) in [5.74, 6) is 2.78. The van der Waals surface area contributed by atoms with Gasteiger partial charge < -0.3 is 14.8 Å². The summed E-state index contributed by atoms with van der Waals surface area (Å²) < 4.78 is 36.4. The second-order valence-corrected chi connectivity index (χ2v) is 10.4. The van der Waals surface area contributed by atoms with Crippen molar-refractivity contribution in [3.8, 4) is 11.5 Å². The maximum absolute atomic E-state index is 12.2. The highest BCUT2D eigenvalue weighted by Gasteiger charge is 2.21. The molecule has 1 aliphatic heterocycles. The summed E-state index contributed by atoms with van der Waals surface area (Å²) in [6.45, 7) is 3.00. The highest BCUT2D eigenvalue weighted by molar-refractivity contribution is 7.98. The Balaban J connectivity index is 1.39. The maximum atomic E-state index is 12.2. The van der Waals surface area contributed by atoms with Gasteiger partial charge in [0, 0.05) is 37.1 Å². The number of fused-ring (bicyclic) bond motifs is 1. The van der Waals surface area contributed by atoms with Gasteiger partial charge in [-0.05, 0) is 31.0 Å². The van der Waals surface area contributed by atoms with Crippen molar-refractivity contribution in [2.24, 2.45) is 0 Å². The van der Waals surface area contributed by atoms with E-state index in [9.17, 15) is 13.2 Å². The summed E-state index contributed by atoms with van der Waals surface area (Å²) in [6, 6.07) is 13.5. The Morgan fingerprint density at radius 3 is 2.61 bits per heavy atom. The first kappa shape index (κ1) is 23.3. The van der Waals surface area contributed by atoms with Gasteiger partial charge in [-0.15, -0.1) is 0 Å². The zero-order valence-electron chi connectivity index (χ0n) is 17.8. The van der Waals surface area contributed by atoms with Crippen LogP contribution in [-0.2, 0) is 20.6 Å². The number of nitrogens with one attached hydrogen (secondary N) is 1. The van der Waals surface area contributed by atoms with E-state index in [0.717, 1.165) is 17.8 Å². The maximum Gasteiger partial charge on any atom is 0.232 e. The molecular formula is C22H28N2O5S2. The number of aryl methyl sites for hydroxylation is 1. The molecule has 1 aliphatic rings. The lowest BCUT2D eigenvalue weighted by Crippen LogP contribution is -2.32. The van der Waals surface area contributed by atoms with Gasteiger partial charge in [-0.2, -0.15) is 11.8 Å². The van der Waals surface area contributed by atoms with E-state index in [1.165, 1.54) is 15.4 Å². The minimum absolute atomic E-state index is 0.0740. The van der Waals surface area contributed by atoms with Crippen molar-refractivity contribution < 1.29 is 22.7 Å². The number of hydrogen-bond donors (Lipinski definition) is 1. The van der Waals surface area contributed by atoms with E-state index in [1.54, 1.807) is 30.0 Å². The van der Waals surface area contributed by atoms with Gasteiger partial charge in [-0.3, -0.25) is 9.10 Å². The highest BCUT2D eigenvalue weighted by Crippen LogP contribution is 2.36. The topological polar surface area (TPSA) is 84.9 Å². The van der Waals surface area contributed by atoms with E-state index >= 15 is 0 Å². The molecule has 1 heterocycles. The van der Waals surface area contributed by atoms with Crippen molar-refractivity contribution in [3.63, 3.8) is 0 Å². The molecule has 2 aromatic carbocycles. The van der Waals surface area contributed by atoms with E-state index in [-0.39, 0.29) is 25.7 Å². The van der Waals surface area contributed by atoms with Crippen LogP contribution in [0.3, 0.4) is 0 Å². The van der Waals surface area contributed by atoms with Crippen molar-refractivity contribution >= 4 is 33.4 Å². The smallest absolute Gasteiger partial charge is 0.232 e. The molecule has 0 radical (unpaired) electrons. The van der Waals surface area contributed by atoms with Gasteiger partial charge in [0.1, 0.15) is 0 Å². The monoisotopic (exact) mass is 464 g/mol. The fraction of sp³-hybridized carbons (Fsp3) is 0.409. The van der Waals surface area contributed by atoms with Crippen LogP contribution in [0.1, 0.15) is 24.0 Å². The average Bonchev–Trinajstić information content (AvgIpc) is 3.19. The first-order chi connectivity index (χ1) is 14.8. The van der Waals surface area contributed by atoms with Crippen LogP contribution in [0.15, 0.2) is 42.5 Å². The second-order valence-electron chi connectivity index (χ2n) is 7.36. The van der Waals surface area contributed by atoms with Crippen LogP contribution in [0.25, 0.3) is 0 Å². The standard InChI is InChI=1S/C22H28N2O5S2/c1-17-5-7-18(8-6-17)15-30-13-11-23-22(25)4-3-12-24(31(2,26)27)19-9-10-20-21(14-19)29-16-28-20/h5-10,14H,3-4,11-13,15-16H2,1-2H3,(H,23,25). The average molecular weight is 465 g/mol. The fourth-order valence-electron chi connectivity index (χ4n) is 3.14. The van der Waals surface area contributed by atoms with Gasteiger partial charge in [0.15, 0.2) is 11.5 Å². The van der Waals surface area contributed by atoms with Gasteiger partial charge in [-0.25, -0.2) is 8.42 Å². The third kappa shape index (κ3) is 7.07. The molecule has 7 nitrogen and oxygen atoms in total. The summed E-state index contributed by atoms with van der Waals surface area (Å²) in [4.78, 5) is 12.1. The van der Waals surface area contributed by atoms with Crippen LogP contribution in [0.2, 0.25) is 0 Å². The molecule has 0 saturated carbocycles. The number of ether oxygens (including phenoxy) is 2. The molecule has 0 bridgehead atoms. The van der Waals surface area contributed by atoms with Crippen molar-refractivity contribution in [1.29, 1.82) is 0 Å². The molecule has 31 heavy (non-hydrogen) atoms. The van der Waals surface area contributed by atoms with Gasteiger partial charge in [0.25, 0.3) is 0 Å². The largest absolute Gasteiger partial charge is 0.454 e. The molecule has 0 fully saturated rings. The number of thioether (sulfide) groups is 1. The van der Waals surface area contributed by atoms with Crippen LogP contribution in [-0.4, -0.2) is 46.2 Å². The molecule has 1 amide bonds. The van der Waals surface area contributed by atoms with Crippen LogP contribution in [0, 0.1) is 6.92 Å². The predicted molar refractivity (Wildman–Crippen MR) is 124 cm³/mol. The van der Waals surface area contributed by atoms with Crippen LogP contribution >= 0.6 is 11.8 Å². The third-order valence-electron chi connectivity index (χ3n) is 4.77. The summed E-state index contributed by atoms with van der Waals surface area (Å²) in [5.41, 5.74) is 3.01. The molecule has 0 spiro atoms. The number of hydrogen-bond acceptors (Lipinski definition) is 6. The molecular weight excluding hydrogens is 436 g/mol. The summed E-state index contributed by atoms with van der Waals surface area (Å²) in [5, 5.41) is 2.90. The second kappa shape index (κ2) is 10.8. The zero-order chi connectivity index (χ0) is 22.3. The molecule has 168 valence electrons. The van der Waals surface area contributed by atoms with Crippen molar-refractivity contribution in [3.05, 3.63) is 53.6 Å². The number of nitrogens with zero attached hydrogens (tertiary/aromatic N) is 1. The minimum Gasteiger partial charge on any atom is -0.454 e. The number of rotatable bonds is 11. The minimum atomic E-state index is -3.48. The van der Waals surface area contributed by atoms with Crippen molar-refractivity contribution in [1.82, 2.24) is 5.32 Å². The molecule has 9 heteroatoms. The molecule has 1 N–H and O–H groups in total. The lowest BCUT2D eigenvalue weighted by molar-refractivity contribution is -0.121. The van der Waals surface area contributed by atoms with E-state index in [1.807, 2.05) is 0 Å². The van der Waals surface area contributed by atoms with Crippen molar-refractivity contribution in [2.75, 3.05) is 36.2 Å². The Morgan fingerprint density at radius 2 is 1.87 bits per heavy atom. The zero-order valence-corrected chi connectivity index (χ0v) is 19.4. The predicted octanol–water partition coefficient (Wildman–Crippen LogP) is 3.32. The molecule has 0 aromatic heterocycles.